The summed E-state index contributed by atoms with van der Waals surface area (Å²) in [6.45, 7) is 1.92. The molecule has 1 nitrogen and oxygen atoms in total. The Morgan fingerprint density at radius 1 is 1.11 bits per heavy atom. The molecule has 2 rings (SSSR count). The molecule has 4 heteroatoms. The number of benzene rings is 2. The van der Waals surface area contributed by atoms with Gasteiger partial charge in [0, 0.05) is 10.0 Å². The summed E-state index contributed by atoms with van der Waals surface area (Å²) in [5, 5.41) is 0. The fourth-order valence-electron chi connectivity index (χ4n) is 1.79. The molecule has 0 fully saturated rings. The second-order valence-corrected chi connectivity index (χ2v) is 5.01. The van der Waals surface area contributed by atoms with Crippen molar-refractivity contribution in [3.63, 3.8) is 0 Å². The average Bonchev–Trinajstić information content (AvgIpc) is 2.35. The summed E-state index contributed by atoms with van der Waals surface area (Å²) < 4.78 is 27.7. The van der Waals surface area contributed by atoms with Gasteiger partial charge in [-0.3, -0.25) is 0 Å². The molecule has 0 aliphatic heterocycles. The first-order valence-electron chi connectivity index (χ1n) is 5.45. The number of nitrogens with two attached hydrogens (primary N) is 1. The molecule has 0 saturated heterocycles. The van der Waals surface area contributed by atoms with E-state index in [-0.39, 0.29) is 5.56 Å². The lowest BCUT2D eigenvalue weighted by Gasteiger charge is -2.14. The predicted octanol–water partition coefficient (Wildman–Crippen LogP) is 4.08. The first kappa shape index (κ1) is 13.2. The van der Waals surface area contributed by atoms with Gasteiger partial charge in [-0.15, -0.1) is 0 Å². The van der Waals surface area contributed by atoms with Crippen molar-refractivity contribution in [3.05, 3.63) is 69.2 Å². The fraction of sp³-hybridized carbons (Fsp3) is 0.143. The molecule has 2 aromatic carbocycles. The molecular weight excluding hydrogens is 300 g/mol. The van der Waals surface area contributed by atoms with Gasteiger partial charge in [0.15, 0.2) is 0 Å². The number of hydrogen-bond acceptors (Lipinski definition) is 1. The summed E-state index contributed by atoms with van der Waals surface area (Å²) in [5.74, 6) is -0.986. The topological polar surface area (TPSA) is 26.0 Å². The summed E-state index contributed by atoms with van der Waals surface area (Å²) >= 11 is 3.39. The second kappa shape index (κ2) is 5.16. The van der Waals surface area contributed by atoms with Crippen LogP contribution in [0.4, 0.5) is 8.78 Å². The Morgan fingerprint density at radius 2 is 1.83 bits per heavy atom. The normalized spacial score (nSPS) is 12.5. The van der Waals surface area contributed by atoms with Gasteiger partial charge in [-0.1, -0.05) is 28.1 Å². The maximum atomic E-state index is 13.6. The largest absolute Gasteiger partial charge is 0.320 e. The van der Waals surface area contributed by atoms with E-state index in [0.717, 1.165) is 33.8 Å². The lowest BCUT2D eigenvalue weighted by molar-refractivity contribution is 0.576. The Hall–Kier alpha value is -1.26. The molecule has 0 spiro atoms. The van der Waals surface area contributed by atoms with E-state index in [2.05, 4.69) is 15.9 Å². The van der Waals surface area contributed by atoms with Crippen molar-refractivity contribution in [1.29, 1.82) is 0 Å². The molecule has 18 heavy (non-hydrogen) atoms. The number of hydrogen-bond donors (Lipinski definition) is 1. The summed E-state index contributed by atoms with van der Waals surface area (Å²) in [7, 11) is 0. The monoisotopic (exact) mass is 311 g/mol. The minimum atomic E-state index is -0.674. The van der Waals surface area contributed by atoms with Crippen LogP contribution in [0.3, 0.4) is 0 Å². The van der Waals surface area contributed by atoms with E-state index in [1.54, 1.807) is 6.07 Å². The van der Waals surface area contributed by atoms with Gasteiger partial charge < -0.3 is 5.73 Å². The average molecular weight is 312 g/mol. The fourth-order valence-corrected chi connectivity index (χ4v) is 2.04. The van der Waals surface area contributed by atoms with E-state index in [4.69, 9.17) is 5.73 Å². The van der Waals surface area contributed by atoms with Gasteiger partial charge in [0.05, 0.1) is 6.04 Å². The predicted molar refractivity (Wildman–Crippen MR) is 71.3 cm³/mol. The summed E-state index contributed by atoms with van der Waals surface area (Å²) in [6, 6.07) is 8.14. The molecule has 0 radical (unpaired) electrons. The Morgan fingerprint density at radius 3 is 2.50 bits per heavy atom. The van der Waals surface area contributed by atoms with E-state index < -0.39 is 17.7 Å². The molecule has 1 unspecified atom stereocenters. The van der Waals surface area contributed by atoms with E-state index in [1.807, 2.05) is 19.1 Å². The van der Waals surface area contributed by atoms with Gasteiger partial charge in [-0.2, -0.15) is 0 Å². The Balaban J connectivity index is 2.44. The van der Waals surface area contributed by atoms with Gasteiger partial charge in [0.25, 0.3) is 0 Å². The van der Waals surface area contributed by atoms with Crippen molar-refractivity contribution in [3.8, 4) is 0 Å². The molecule has 0 amide bonds. The van der Waals surface area contributed by atoms with Crippen LogP contribution in [-0.2, 0) is 0 Å². The summed E-state index contributed by atoms with van der Waals surface area (Å²) in [5.41, 5.74) is 7.90. The number of aryl methyl sites for hydroxylation is 1. The smallest absolute Gasteiger partial charge is 0.128 e. The van der Waals surface area contributed by atoms with Crippen molar-refractivity contribution < 1.29 is 8.78 Å². The van der Waals surface area contributed by atoms with Crippen molar-refractivity contribution >= 4 is 15.9 Å². The van der Waals surface area contributed by atoms with Crippen LogP contribution in [0.15, 0.2) is 40.9 Å². The molecule has 0 heterocycles. The van der Waals surface area contributed by atoms with Crippen LogP contribution in [0.5, 0.6) is 0 Å². The standard InChI is InChI=1S/C14H12BrF2N/c1-8-6-9(2-4-12(8)15)14(18)11-7-10(16)3-5-13(11)17/h2-7,14H,18H2,1H3. The van der Waals surface area contributed by atoms with Gasteiger partial charge in [0.1, 0.15) is 11.6 Å². The molecule has 2 aromatic rings. The van der Waals surface area contributed by atoms with Crippen LogP contribution >= 0.6 is 15.9 Å². The molecule has 94 valence electrons. The van der Waals surface area contributed by atoms with Crippen LogP contribution in [0.2, 0.25) is 0 Å². The van der Waals surface area contributed by atoms with Crippen molar-refractivity contribution in [1.82, 2.24) is 0 Å². The Bertz CT molecular complexity index is 584. The molecule has 0 aromatic heterocycles. The van der Waals surface area contributed by atoms with Gasteiger partial charge >= 0.3 is 0 Å². The zero-order valence-electron chi connectivity index (χ0n) is 9.75. The third kappa shape index (κ3) is 2.60. The zero-order chi connectivity index (χ0) is 13.3. The maximum Gasteiger partial charge on any atom is 0.128 e. The molecule has 0 saturated carbocycles. The molecule has 0 bridgehead atoms. The van der Waals surface area contributed by atoms with Crippen LogP contribution in [0.25, 0.3) is 0 Å². The maximum absolute atomic E-state index is 13.6. The minimum Gasteiger partial charge on any atom is -0.320 e. The Kier molecular flexibility index (Phi) is 3.78. The molecule has 0 aliphatic rings. The third-order valence-electron chi connectivity index (χ3n) is 2.83. The molecule has 0 aliphatic carbocycles. The number of halogens is 3. The minimum absolute atomic E-state index is 0.164. The van der Waals surface area contributed by atoms with E-state index >= 15 is 0 Å². The molecular formula is C14H12BrF2N. The van der Waals surface area contributed by atoms with Crippen molar-refractivity contribution in [2.45, 2.75) is 13.0 Å². The summed E-state index contributed by atoms with van der Waals surface area (Å²) in [6.07, 6.45) is 0. The van der Waals surface area contributed by atoms with Crippen LogP contribution < -0.4 is 5.73 Å². The zero-order valence-corrected chi connectivity index (χ0v) is 11.3. The SMILES string of the molecule is Cc1cc(C(N)c2cc(F)ccc2F)ccc1Br. The first-order chi connectivity index (χ1) is 8.49. The highest BCUT2D eigenvalue weighted by atomic mass is 79.9. The highest BCUT2D eigenvalue weighted by Gasteiger charge is 2.15. The molecule has 1 atom stereocenters. The number of rotatable bonds is 2. The second-order valence-electron chi connectivity index (χ2n) is 4.15. The molecule has 2 N–H and O–H groups in total. The third-order valence-corrected chi connectivity index (χ3v) is 3.72. The van der Waals surface area contributed by atoms with Gasteiger partial charge in [0.2, 0.25) is 0 Å². The lowest BCUT2D eigenvalue weighted by atomic mass is 9.98. The van der Waals surface area contributed by atoms with E-state index in [1.165, 1.54) is 0 Å². The van der Waals surface area contributed by atoms with Crippen LogP contribution in [0, 0.1) is 18.6 Å². The van der Waals surface area contributed by atoms with Crippen molar-refractivity contribution in [2.24, 2.45) is 5.73 Å². The quantitative estimate of drug-likeness (QED) is 0.888. The highest BCUT2D eigenvalue weighted by molar-refractivity contribution is 9.10. The van der Waals surface area contributed by atoms with E-state index in [0.29, 0.717) is 0 Å². The highest BCUT2D eigenvalue weighted by Crippen LogP contribution is 2.26. The lowest BCUT2D eigenvalue weighted by Crippen LogP contribution is -2.14. The van der Waals surface area contributed by atoms with Gasteiger partial charge in [-0.05, 0) is 42.3 Å². The van der Waals surface area contributed by atoms with Crippen LogP contribution in [-0.4, -0.2) is 0 Å². The first-order valence-corrected chi connectivity index (χ1v) is 6.25. The van der Waals surface area contributed by atoms with E-state index in [9.17, 15) is 8.78 Å². The van der Waals surface area contributed by atoms with Gasteiger partial charge in [-0.25, -0.2) is 8.78 Å². The summed E-state index contributed by atoms with van der Waals surface area (Å²) in [4.78, 5) is 0. The van der Waals surface area contributed by atoms with Crippen molar-refractivity contribution in [2.75, 3.05) is 0 Å². The Labute approximate surface area is 113 Å². The van der Waals surface area contributed by atoms with Crippen LogP contribution in [0.1, 0.15) is 22.7 Å².